The second-order valence-corrected chi connectivity index (χ2v) is 4.01. The van der Waals surface area contributed by atoms with E-state index in [2.05, 4.69) is 10.3 Å². The van der Waals surface area contributed by atoms with E-state index in [-0.39, 0.29) is 11.5 Å². The van der Waals surface area contributed by atoms with E-state index in [1.54, 1.807) is 24.4 Å². The van der Waals surface area contributed by atoms with Gasteiger partial charge < -0.3 is 5.32 Å². The zero-order valence-corrected chi connectivity index (χ0v) is 10.1. The van der Waals surface area contributed by atoms with Crippen LogP contribution in [-0.2, 0) is 6.54 Å². The molecule has 94 valence electrons. The van der Waals surface area contributed by atoms with Gasteiger partial charge in [0.15, 0.2) is 0 Å². The van der Waals surface area contributed by atoms with Gasteiger partial charge in [0.25, 0.3) is 0 Å². The van der Waals surface area contributed by atoms with Crippen LogP contribution < -0.4 is 11.0 Å². The van der Waals surface area contributed by atoms with Gasteiger partial charge in [-0.15, -0.1) is 0 Å². The van der Waals surface area contributed by atoms with Crippen LogP contribution >= 0.6 is 0 Å². The third-order valence-electron chi connectivity index (χ3n) is 2.53. The zero-order valence-electron chi connectivity index (χ0n) is 10.1. The number of nitrogens with zero attached hydrogens (tertiary/aromatic N) is 2. The van der Waals surface area contributed by atoms with Crippen molar-refractivity contribution in [1.82, 2.24) is 9.55 Å². The number of aromatic nitrogens is 2. The topological polar surface area (TPSA) is 46.9 Å². The number of hydrogen-bond acceptors (Lipinski definition) is 3. The minimum Gasteiger partial charge on any atom is -0.381 e. The molecule has 2 rings (SSSR count). The van der Waals surface area contributed by atoms with Crippen molar-refractivity contribution in [2.75, 3.05) is 11.9 Å². The van der Waals surface area contributed by atoms with Crippen LogP contribution in [0, 0.1) is 12.7 Å². The van der Waals surface area contributed by atoms with Crippen LogP contribution in [-0.4, -0.2) is 16.1 Å². The molecule has 0 unspecified atom stereocenters. The first-order valence-corrected chi connectivity index (χ1v) is 5.68. The molecule has 2 aromatic rings. The van der Waals surface area contributed by atoms with E-state index in [9.17, 15) is 9.18 Å². The van der Waals surface area contributed by atoms with Crippen LogP contribution in [0.5, 0.6) is 0 Å². The Morgan fingerprint density at radius 2 is 2.17 bits per heavy atom. The Morgan fingerprint density at radius 3 is 2.94 bits per heavy atom. The molecule has 0 saturated heterocycles. The van der Waals surface area contributed by atoms with Crippen LogP contribution in [0.2, 0.25) is 0 Å². The van der Waals surface area contributed by atoms with Crippen molar-refractivity contribution < 1.29 is 4.39 Å². The Morgan fingerprint density at radius 1 is 1.39 bits per heavy atom. The molecular weight excluding hydrogens is 233 g/mol. The lowest BCUT2D eigenvalue weighted by molar-refractivity contribution is 0.625. The molecule has 1 N–H and O–H groups in total. The fourth-order valence-electron chi connectivity index (χ4n) is 1.64. The Kier molecular flexibility index (Phi) is 3.72. The summed E-state index contributed by atoms with van der Waals surface area (Å²) in [4.78, 5) is 15.2. The summed E-state index contributed by atoms with van der Waals surface area (Å²) in [6.45, 7) is 2.78. The van der Waals surface area contributed by atoms with Crippen LogP contribution in [0.4, 0.5) is 10.1 Å². The molecule has 0 atom stereocenters. The summed E-state index contributed by atoms with van der Waals surface area (Å²) in [7, 11) is 0. The maximum atomic E-state index is 13.3. The molecular formula is C13H14FN3O. The first-order valence-electron chi connectivity index (χ1n) is 5.68. The molecule has 1 heterocycles. The first kappa shape index (κ1) is 12.3. The number of nitrogens with one attached hydrogen (secondary N) is 1. The number of para-hydroxylation sites is 1. The minimum atomic E-state index is -0.299. The van der Waals surface area contributed by atoms with Gasteiger partial charge in [-0.05, 0) is 24.6 Å². The minimum absolute atomic E-state index is 0.295. The Balaban J connectivity index is 1.99. The average Bonchev–Trinajstić information content (AvgIpc) is 2.36. The molecule has 4 nitrogen and oxygen atoms in total. The van der Waals surface area contributed by atoms with Crippen molar-refractivity contribution >= 4 is 5.69 Å². The fourth-order valence-corrected chi connectivity index (χ4v) is 1.64. The van der Waals surface area contributed by atoms with Gasteiger partial charge in [0.1, 0.15) is 5.82 Å². The fraction of sp³-hybridized carbons (Fsp3) is 0.231. The van der Waals surface area contributed by atoms with Crippen LogP contribution in [0.1, 0.15) is 5.56 Å². The normalized spacial score (nSPS) is 10.3. The summed E-state index contributed by atoms with van der Waals surface area (Å²) in [5, 5.41) is 2.95. The number of anilines is 1. The molecule has 0 radical (unpaired) electrons. The molecule has 0 bridgehead atoms. The Labute approximate surface area is 104 Å². The SMILES string of the molecule is Cc1cnc(=O)n(CCNc2ccccc2F)c1. The molecule has 0 fully saturated rings. The van der Waals surface area contributed by atoms with Gasteiger partial charge in [0.2, 0.25) is 0 Å². The smallest absolute Gasteiger partial charge is 0.347 e. The van der Waals surface area contributed by atoms with Gasteiger partial charge in [-0.25, -0.2) is 14.2 Å². The van der Waals surface area contributed by atoms with Crippen molar-refractivity contribution in [2.45, 2.75) is 13.5 Å². The van der Waals surface area contributed by atoms with E-state index < -0.39 is 0 Å². The van der Waals surface area contributed by atoms with Gasteiger partial charge in [0, 0.05) is 25.5 Å². The molecule has 5 heteroatoms. The van der Waals surface area contributed by atoms with Crippen molar-refractivity contribution in [3.63, 3.8) is 0 Å². The van der Waals surface area contributed by atoms with Crippen molar-refractivity contribution in [3.05, 3.63) is 58.5 Å². The lowest BCUT2D eigenvalue weighted by atomic mass is 10.3. The second-order valence-electron chi connectivity index (χ2n) is 4.01. The lowest BCUT2D eigenvalue weighted by Gasteiger charge is -2.09. The van der Waals surface area contributed by atoms with E-state index in [0.717, 1.165) is 5.56 Å². The summed E-state index contributed by atoms with van der Waals surface area (Å²) in [5.41, 5.74) is 1.06. The third-order valence-corrected chi connectivity index (χ3v) is 2.53. The molecule has 0 amide bonds. The maximum absolute atomic E-state index is 13.3. The maximum Gasteiger partial charge on any atom is 0.347 e. The standard InChI is InChI=1S/C13H14FN3O/c1-10-8-16-13(18)17(9-10)7-6-15-12-5-3-2-4-11(12)14/h2-5,8-9,15H,6-7H2,1H3. The first-order chi connectivity index (χ1) is 8.66. The van der Waals surface area contributed by atoms with Gasteiger partial charge in [-0.1, -0.05) is 12.1 Å². The van der Waals surface area contributed by atoms with E-state index in [1.165, 1.54) is 16.8 Å². The highest BCUT2D eigenvalue weighted by molar-refractivity contribution is 5.44. The molecule has 0 saturated carbocycles. The Hall–Kier alpha value is -2.17. The quantitative estimate of drug-likeness (QED) is 0.896. The number of aryl methyl sites for hydroxylation is 1. The lowest BCUT2D eigenvalue weighted by Crippen LogP contribution is -2.25. The molecule has 0 aliphatic carbocycles. The molecule has 0 spiro atoms. The predicted octanol–water partition coefficient (Wildman–Crippen LogP) is 1.80. The summed E-state index contributed by atoms with van der Waals surface area (Å²) < 4.78 is 14.8. The summed E-state index contributed by atoms with van der Waals surface area (Å²) in [6.07, 6.45) is 3.27. The van der Waals surface area contributed by atoms with Gasteiger partial charge in [-0.2, -0.15) is 0 Å². The highest BCUT2D eigenvalue weighted by Crippen LogP contribution is 2.11. The van der Waals surface area contributed by atoms with Crippen LogP contribution in [0.3, 0.4) is 0 Å². The second kappa shape index (κ2) is 5.44. The molecule has 1 aromatic carbocycles. The van der Waals surface area contributed by atoms with Crippen molar-refractivity contribution in [3.8, 4) is 0 Å². The van der Waals surface area contributed by atoms with Gasteiger partial charge in [0.05, 0.1) is 5.69 Å². The number of rotatable bonds is 4. The van der Waals surface area contributed by atoms with Gasteiger partial charge in [-0.3, -0.25) is 4.57 Å². The molecule has 0 aliphatic rings. The summed E-state index contributed by atoms with van der Waals surface area (Å²) in [6, 6.07) is 6.44. The number of halogens is 1. The van der Waals surface area contributed by atoms with E-state index >= 15 is 0 Å². The number of hydrogen-bond donors (Lipinski definition) is 1. The van der Waals surface area contributed by atoms with E-state index in [4.69, 9.17) is 0 Å². The Bertz CT molecular complexity index is 595. The van der Waals surface area contributed by atoms with Crippen molar-refractivity contribution in [1.29, 1.82) is 0 Å². The number of benzene rings is 1. The van der Waals surface area contributed by atoms with Crippen LogP contribution in [0.15, 0.2) is 41.5 Å². The summed E-state index contributed by atoms with van der Waals surface area (Å²) >= 11 is 0. The predicted molar refractivity (Wildman–Crippen MR) is 68.1 cm³/mol. The van der Waals surface area contributed by atoms with E-state index in [1.807, 2.05) is 6.92 Å². The molecule has 0 aliphatic heterocycles. The van der Waals surface area contributed by atoms with Crippen molar-refractivity contribution in [2.24, 2.45) is 0 Å². The third kappa shape index (κ3) is 2.94. The zero-order chi connectivity index (χ0) is 13.0. The monoisotopic (exact) mass is 247 g/mol. The highest BCUT2D eigenvalue weighted by Gasteiger charge is 2.00. The van der Waals surface area contributed by atoms with Crippen LogP contribution in [0.25, 0.3) is 0 Å². The molecule has 18 heavy (non-hydrogen) atoms. The largest absolute Gasteiger partial charge is 0.381 e. The summed E-state index contributed by atoms with van der Waals surface area (Å²) in [5.74, 6) is -0.299. The molecule has 1 aromatic heterocycles. The van der Waals surface area contributed by atoms with E-state index in [0.29, 0.717) is 18.8 Å². The highest BCUT2D eigenvalue weighted by atomic mass is 19.1. The van der Waals surface area contributed by atoms with Gasteiger partial charge >= 0.3 is 5.69 Å². The average molecular weight is 247 g/mol.